The number of ether oxygens (including phenoxy) is 1. The number of benzene rings is 4. The third-order valence-corrected chi connectivity index (χ3v) is 4.56. The third kappa shape index (κ3) is 5.56. The second-order valence-corrected chi connectivity index (χ2v) is 6.96. The van der Waals surface area contributed by atoms with E-state index in [1.807, 2.05) is 36.4 Å². The molecular weight excluding hydrogens is 390 g/mol. The summed E-state index contributed by atoms with van der Waals surface area (Å²) in [6, 6.07) is 29.6. The number of hydrogen-bond acceptors (Lipinski definition) is 5. The summed E-state index contributed by atoms with van der Waals surface area (Å²) >= 11 is 0. The van der Waals surface area contributed by atoms with Crippen LogP contribution in [0.5, 0.6) is 5.75 Å². The predicted octanol–water partition coefficient (Wildman–Crippen LogP) is 5.40. The highest BCUT2D eigenvalue weighted by molar-refractivity contribution is 5.77. The fourth-order valence-corrected chi connectivity index (χ4v) is 3.03. The van der Waals surface area contributed by atoms with Crippen molar-refractivity contribution in [2.75, 3.05) is 0 Å². The number of aromatic nitrogens is 1. The van der Waals surface area contributed by atoms with Crippen molar-refractivity contribution < 1.29 is 14.3 Å². The zero-order valence-corrected chi connectivity index (χ0v) is 16.8. The molecule has 0 saturated heterocycles. The van der Waals surface area contributed by atoms with Gasteiger partial charge in [-0.1, -0.05) is 60.7 Å². The van der Waals surface area contributed by atoms with Crippen LogP contribution in [0.2, 0.25) is 0 Å². The summed E-state index contributed by atoms with van der Waals surface area (Å²) in [5.74, 6) is 0.529. The molecular formula is C26H21NO4. The average molecular weight is 411 g/mol. The molecule has 1 N–H and O–H groups in total. The first-order valence-electron chi connectivity index (χ1n) is 9.87. The molecule has 0 unspecified atom stereocenters. The van der Waals surface area contributed by atoms with Gasteiger partial charge in [-0.3, -0.25) is 4.79 Å². The molecule has 1 aliphatic carbocycles. The molecule has 2 aliphatic rings. The Bertz CT molecular complexity index is 1240. The Labute approximate surface area is 179 Å². The van der Waals surface area contributed by atoms with Crippen LogP contribution in [0, 0.1) is 0 Å². The molecule has 5 rings (SSSR count). The molecule has 154 valence electrons. The van der Waals surface area contributed by atoms with Crippen LogP contribution in [0.3, 0.4) is 0 Å². The average Bonchev–Trinajstić information content (AvgIpc) is 2.80. The van der Waals surface area contributed by atoms with Crippen molar-refractivity contribution in [3.63, 3.8) is 0 Å². The number of nitrogens with zero attached hydrogens (tertiary/aromatic N) is 1. The van der Waals surface area contributed by atoms with Gasteiger partial charge >= 0.3 is 0 Å². The van der Waals surface area contributed by atoms with Gasteiger partial charge in [0.2, 0.25) is 0 Å². The summed E-state index contributed by atoms with van der Waals surface area (Å²) in [4.78, 5) is 15.5. The van der Waals surface area contributed by atoms with Crippen LogP contribution in [-0.2, 0) is 18.0 Å². The molecule has 5 heteroatoms. The molecule has 0 saturated carbocycles. The van der Waals surface area contributed by atoms with Crippen LogP contribution in [0.15, 0.2) is 106 Å². The zero-order chi connectivity index (χ0) is 21.5. The maximum absolute atomic E-state index is 11.1. The molecule has 31 heavy (non-hydrogen) atoms. The van der Waals surface area contributed by atoms with Gasteiger partial charge in [0.1, 0.15) is 17.0 Å². The number of phenolic OH excluding ortho intramolecular Hbond substituents is 1. The summed E-state index contributed by atoms with van der Waals surface area (Å²) < 4.78 is 11.1. The van der Waals surface area contributed by atoms with Crippen LogP contribution >= 0.6 is 0 Å². The van der Waals surface area contributed by atoms with Crippen LogP contribution in [0.1, 0.15) is 11.1 Å². The van der Waals surface area contributed by atoms with Gasteiger partial charge in [-0.05, 0) is 35.4 Å². The molecule has 0 atom stereocenters. The van der Waals surface area contributed by atoms with Crippen LogP contribution < -0.4 is 5.43 Å². The van der Waals surface area contributed by atoms with E-state index < -0.39 is 0 Å². The van der Waals surface area contributed by atoms with Gasteiger partial charge in [0.05, 0.1) is 13.2 Å². The van der Waals surface area contributed by atoms with E-state index in [1.165, 1.54) is 29.3 Å². The largest absolute Gasteiger partial charge is 0.508 e. The van der Waals surface area contributed by atoms with E-state index in [2.05, 4.69) is 29.2 Å². The fraction of sp³-hybridized carbons (Fsp3) is 0.0769. The molecule has 1 heterocycles. The van der Waals surface area contributed by atoms with E-state index in [0.29, 0.717) is 35.8 Å². The minimum Gasteiger partial charge on any atom is -0.508 e. The topological polar surface area (TPSA) is 72.6 Å². The van der Waals surface area contributed by atoms with E-state index in [1.54, 1.807) is 18.2 Å². The SMILES string of the molecule is O=c1ccc2nc3ccc(O)cc3oc-2c1.c1ccc(COCc2ccccc2)cc1. The maximum Gasteiger partial charge on any atom is 0.182 e. The van der Waals surface area contributed by atoms with Crippen LogP contribution in [-0.4, -0.2) is 10.1 Å². The first-order valence-corrected chi connectivity index (χ1v) is 9.87. The monoisotopic (exact) mass is 411 g/mol. The molecule has 0 bridgehead atoms. The maximum atomic E-state index is 11.1. The van der Waals surface area contributed by atoms with Crippen molar-refractivity contribution >= 4 is 11.1 Å². The van der Waals surface area contributed by atoms with Crippen molar-refractivity contribution in [2.45, 2.75) is 13.2 Å². The third-order valence-electron chi connectivity index (χ3n) is 4.56. The van der Waals surface area contributed by atoms with Gasteiger partial charge in [0, 0.05) is 12.1 Å². The highest BCUT2D eigenvalue weighted by Crippen LogP contribution is 2.25. The quantitative estimate of drug-likeness (QED) is 0.401. The lowest BCUT2D eigenvalue weighted by Crippen LogP contribution is -1.99. The minimum absolute atomic E-state index is 0.107. The number of fused-ring (bicyclic) bond motifs is 2. The van der Waals surface area contributed by atoms with Gasteiger partial charge in [-0.25, -0.2) is 4.98 Å². The molecule has 0 amide bonds. The summed E-state index contributed by atoms with van der Waals surface area (Å²) in [5.41, 5.74) is 4.03. The molecule has 5 nitrogen and oxygen atoms in total. The van der Waals surface area contributed by atoms with Gasteiger partial charge in [-0.15, -0.1) is 0 Å². The molecule has 0 spiro atoms. The minimum atomic E-state index is -0.127. The lowest BCUT2D eigenvalue weighted by Gasteiger charge is -2.05. The van der Waals surface area contributed by atoms with E-state index >= 15 is 0 Å². The first-order chi connectivity index (χ1) is 15.2. The van der Waals surface area contributed by atoms with E-state index in [-0.39, 0.29) is 11.2 Å². The van der Waals surface area contributed by atoms with Gasteiger partial charge in [0.15, 0.2) is 16.8 Å². The van der Waals surface area contributed by atoms with Crippen molar-refractivity contribution in [2.24, 2.45) is 0 Å². The Kier molecular flexibility index (Phi) is 6.35. The van der Waals surface area contributed by atoms with Gasteiger partial charge in [0.25, 0.3) is 0 Å². The standard InChI is InChI=1S/C14H14O.C12H7NO3/c1-3-7-13(8-4-1)11-15-12-14-9-5-2-6-10-14;14-7-1-3-9-11(5-7)16-12-6-8(15)2-4-10(12)13-9/h1-10H,11-12H2;1-6,14H. The fourth-order valence-electron chi connectivity index (χ4n) is 3.03. The van der Waals surface area contributed by atoms with Gasteiger partial charge in [-0.2, -0.15) is 0 Å². The lowest BCUT2D eigenvalue weighted by atomic mass is 10.2. The number of rotatable bonds is 4. The predicted molar refractivity (Wildman–Crippen MR) is 120 cm³/mol. The lowest BCUT2D eigenvalue weighted by molar-refractivity contribution is 0.107. The number of aromatic hydroxyl groups is 1. The van der Waals surface area contributed by atoms with Crippen molar-refractivity contribution in [1.29, 1.82) is 0 Å². The van der Waals surface area contributed by atoms with Crippen molar-refractivity contribution in [1.82, 2.24) is 4.98 Å². The number of hydrogen-bond donors (Lipinski definition) is 1. The van der Waals surface area contributed by atoms with E-state index in [4.69, 9.17) is 9.15 Å². The molecule has 0 fully saturated rings. The molecule has 0 radical (unpaired) electrons. The van der Waals surface area contributed by atoms with Crippen LogP contribution in [0.25, 0.3) is 22.6 Å². The Balaban J connectivity index is 0.000000150. The molecule has 1 aliphatic heterocycles. The highest BCUT2D eigenvalue weighted by atomic mass is 16.5. The van der Waals surface area contributed by atoms with E-state index in [0.717, 1.165) is 0 Å². The van der Waals surface area contributed by atoms with Crippen molar-refractivity contribution in [3.05, 3.63) is 118 Å². The number of phenols is 1. The second kappa shape index (κ2) is 9.69. The van der Waals surface area contributed by atoms with Crippen molar-refractivity contribution in [3.8, 4) is 17.2 Å². The second-order valence-electron chi connectivity index (χ2n) is 6.96. The summed E-state index contributed by atoms with van der Waals surface area (Å²) in [7, 11) is 0. The smallest absolute Gasteiger partial charge is 0.182 e. The summed E-state index contributed by atoms with van der Waals surface area (Å²) in [5, 5.41) is 9.31. The Hall–Kier alpha value is -3.96. The Morgan fingerprint density at radius 3 is 2.06 bits per heavy atom. The Morgan fingerprint density at radius 1 is 0.774 bits per heavy atom. The zero-order valence-electron chi connectivity index (χ0n) is 16.8. The molecule has 0 aromatic heterocycles. The first kappa shape index (κ1) is 20.3. The summed E-state index contributed by atoms with van der Waals surface area (Å²) in [6.07, 6.45) is 0. The van der Waals surface area contributed by atoms with E-state index in [9.17, 15) is 9.90 Å². The highest BCUT2D eigenvalue weighted by Gasteiger charge is 2.09. The normalized spacial score (nSPS) is 10.6. The van der Waals surface area contributed by atoms with Gasteiger partial charge < -0.3 is 14.3 Å². The summed E-state index contributed by atoms with van der Waals surface area (Å²) in [6.45, 7) is 1.35. The Morgan fingerprint density at radius 2 is 1.42 bits per heavy atom. The molecule has 3 aromatic carbocycles. The molecule has 3 aromatic rings. The van der Waals surface area contributed by atoms with Crippen LogP contribution in [0.4, 0.5) is 0 Å².